The molecule has 0 N–H and O–H groups in total. The Morgan fingerprint density at radius 2 is 1.78 bits per heavy atom. The zero-order chi connectivity index (χ0) is 20.0. The zero-order valence-electron chi connectivity index (χ0n) is 17.3. The highest BCUT2D eigenvalue weighted by molar-refractivity contribution is 7.99. The molecule has 0 aliphatic carbocycles. The third kappa shape index (κ3) is 4.13. The first-order valence-electron chi connectivity index (χ1n) is 9.46. The molecule has 0 unspecified atom stereocenters. The van der Waals surface area contributed by atoms with Crippen molar-refractivity contribution in [3.05, 3.63) is 29.8 Å². The van der Waals surface area contributed by atoms with Crippen LogP contribution in [0.3, 0.4) is 0 Å². The van der Waals surface area contributed by atoms with Gasteiger partial charge in [0.2, 0.25) is 0 Å². The second-order valence-corrected chi connectivity index (χ2v) is 10.3. The van der Waals surface area contributed by atoms with Gasteiger partial charge in [0, 0.05) is 10.6 Å². The maximum atomic E-state index is 12.2. The molecule has 3 rings (SSSR count). The Balaban J connectivity index is 1.89. The van der Waals surface area contributed by atoms with E-state index in [-0.39, 0.29) is 17.2 Å². The molecule has 0 atom stereocenters. The summed E-state index contributed by atoms with van der Waals surface area (Å²) in [4.78, 5) is 13.3. The third-order valence-corrected chi connectivity index (χ3v) is 6.42. The number of carbonyl (C=O) groups excluding carboxylic acids is 1. The number of fused-ring (bicyclic) bond motifs is 1. The quantitative estimate of drug-likeness (QED) is 0.398. The van der Waals surface area contributed by atoms with Crippen LogP contribution in [0.25, 0.3) is 5.47 Å². The molecular formula is C21H29BO4S. The lowest BCUT2D eigenvalue weighted by Gasteiger charge is -2.32. The van der Waals surface area contributed by atoms with E-state index in [2.05, 4.69) is 33.8 Å². The van der Waals surface area contributed by atoms with Crippen LogP contribution in [0.1, 0.15) is 60.5 Å². The predicted molar refractivity (Wildman–Crippen MR) is 111 cm³/mol. The Labute approximate surface area is 167 Å². The van der Waals surface area contributed by atoms with E-state index in [1.165, 1.54) is 0 Å². The molecule has 0 amide bonds. The van der Waals surface area contributed by atoms with E-state index in [4.69, 9.17) is 14.0 Å². The number of hydrogen-bond donors (Lipinski definition) is 0. The number of allylic oxidation sites excluding steroid dienone is 1. The summed E-state index contributed by atoms with van der Waals surface area (Å²) in [6.45, 7) is 13.8. The summed E-state index contributed by atoms with van der Waals surface area (Å²) in [5, 5.41) is 0. The molecule has 0 spiro atoms. The van der Waals surface area contributed by atoms with E-state index < -0.39 is 12.5 Å². The number of rotatable bonds is 2. The van der Waals surface area contributed by atoms with Gasteiger partial charge in [0.15, 0.2) is 0 Å². The average Bonchev–Trinajstić information content (AvgIpc) is 2.69. The summed E-state index contributed by atoms with van der Waals surface area (Å²) in [5.41, 5.74) is 0.864. The number of hydrogen-bond acceptors (Lipinski definition) is 5. The lowest BCUT2D eigenvalue weighted by atomic mass is 9.73. The van der Waals surface area contributed by atoms with E-state index >= 15 is 0 Å². The Kier molecular flexibility index (Phi) is 5.30. The molecule has 146 valence electrons. The van der Waals surface area contributed by atoms with Gasteiger partial charge in [-0.25, -0.2) is 0 Å². The molecule has 6 heteroatoms. The monoisotopic (exact) mass is 388 g/mol. The number of benzene rings is 1. The van der Waals surface area contributed by atoms with Crippen molar-refractivity contribution in [2.24, 2.45) is 5.41 Å². The summed E-state index contributed by atoms with van der Waals surface area (Å²) in [7, 11) is -0.393. The van der Waals surface area contributed by atoms with Gasteiger partial charge >= 0.3 is 13.1 Å². The molecule has 0 bridgehead atoms. The molecule has 2 heterocycles. The largest absolute Gasteiger partial charge is 0.495 e. The summed E-state index contributed by atoms with van der Waals surface area (Å²) >= 11 is 1.77. The van der Waals surface area contributed by atoms with Gasteiger partial charge in [-0.05, 0) is 78.1 Å². The van der Waals surface area contributed by atoms with Gasteiger partial charge in [0.05, 0.1) is 16.6 Å². The van der Waals surface area contributed by atoms with Crippen LogP contribution in [-0.2, 0) is 14.1 Å². The lowest BCUT2D eigenvalue weighted by molar-refractivity contribution is -0.143. The summed E-state index contributed by atoms with van der Waals surface area (Å²) in [6.07, 6.45) is 3.15. The molecule has 0 saturated carbocycles. The Hall–Kier alpha value is -1.24. The molecule has 1 saturated heterocycles. The average molecular weight is 388 g/mol. The first kappa shape index (κ1) is 20.5. The Bertz CT molecular complexity index is 761. The van der Waals surface area contributed by atoms with Crippen molar-refractivity contribution >= 4 is 30.3 Å². The topological polar surface area (TPSA) is 44.8 Å². The highest BCUT2D eigenvalue weighted by Gasteiger charge is 2.52. The van der Waals surface area contributed by atoms with Gasteiger partial charge in [-0.15, -0.1) is 11.8 Å². The molecule has 1 fully saturated rings. The first-order valence-corrected chi connectivity index (χ1v) is 10.4. The molecular weight excluding hydrogens is 359 g/mol. The molecule has 27 heavy (non-hydrogen) atoms. The maximum absolute atomic E-state index is 12.2. The van der Waals surface area contributed by atoms with E-state index in [1.54, 1.807) is 11.8 Å². The maximum Gasteiger partial charge on any atom is 0.495 e. The van der Waals surface area contributed by atoms with Crippen LogP contribution in [0, 0.1) is 5.41 Å². The summed E-state index contributed by atoms with van der Waals surface area (Å²) < 4.78 is 18.1. The summed E-state index contributed by atoms with van der Waals surface area (Å²) in [5.74, 6) is 1.31. The molecule has 0 aromatic heterocycles. The van der Waals surface area contributed by atoms with Crippen molar-refractivity contribution in [3.8, 4) is 5.75 Å². The fourth-order valence-corrected chi connectivity index (χ4v) is 3.87. The molecule has 2 aliphatic heterocycles. The minimum Gasteiger partial charge on any atom is -0.426 e. The van der Waals surface area contributed by atoms with E-state index in [0.29, 0.717) is 5.75 Å². The van der Waals surface area contributed by atoms with E-state index in [0.717, 1.165) is 28.1 Å². The molecule has 2 aliphatic rings. The van der Waals surface area contributed by atoms with Crippen molar-refractivity contribution in [2.45, 2.75) is 71.0 Å². The fraction of sp³-hybridized carbons (Fsp3) is 0.571. The molecule has 1 aromatic carbocycles. The van der Waals surface area contributed by atoms with Gasteiger partial charge in [-0.2, -0.15) is 0 Å². The highest BCUT2D eigenvalue weighted by Crippen LogP contribution is 2.43. The molecule has 4 nitrogen and oxygen atoms in total. The van der Waals surface area contributed by atoms with Crippen molar-refractivity contribution < 1.29 is 18.8 Å². The minimum absolute atomic E-state index is 0.234. The van der Waals surface area contributed by atoms with Gasteiger partial charge in [-0.3, -0.25) is 4.79 Å². The van der Waals surface area contributed by atoms with Crippen LogP contribution < -0.4 is 4.74 Å². The lowest BCUT2D eigenvalue weighted by Crippen LogP contribution is -2.41. The van der Waals surface area contributed by atoms with Crippen LogP contribution in [-0.4, -0.2) is 30.0 Å². The fourth-order valence-electron chi connectivity index (χ4n) is 2.87. The molecule has 0 radical (unpaired) electrons. The standard InChI is InChI=1S/C21H29BO4S/c1-19(2,3)18(23)24-14-10-11-15-16(9-8-12-27-17(15)13-14)22-25-20(4,5)21(6,7)26-22/h9-11,13H,8,12H2,1-7H3. The summed E-state index contributed by atoms with van der Waals surface area (Å²) in [6, 6.07) is 5.82. The minimum atomic E-state index is -0.534. The Morgan fingerprint density at radius 1 is 1.15 bits per heavy atom. The van der Waals surface area contributed by atoms with Crippen LogP contribution in [0.15, 0.2) is 29.2 Å². The van der Waals surface area contributed by atoms with Crippen molar-refractivity contribution in [1.29, 1.82) is 0 Å². The zero-order valence-corrected chi connectivity index (χ0v) is 18.2. The van der Waals surface area contributed by atoms with Crippen molar-refractivity contribution in [2.75, 3.05) is 5.75 Å². The predicted octanol–water partition coefficient (Wildman–Crippen LogP) is 5.15. The van der Waals surface area contributed by atoms with Crippen molar-refractivity contribution in [1.82, 2.24) is 0 Å². The second-order valence-electron chi connectivity index (χ2n) is 9.18. The van der Waals surface area contributed by atoms with E-state index in [1.807, 2.05) is 39.0 Å². The number of esters is 1. The third-order valence-electron chi connectivity index (χ3n) is 5.33. The van der Waals surface area contributed by atoms with Crippen LogP contribution in [0.5, 0.6) is 5.75 Å². The van der Waals surface area contributed by atoms with Crippen LogP contribution in [0.4, 0.5) is 0 Å². The van der Waals surface area contributed by atoms with Crippen LogP contribution >= 0.6 is 11.8 Å². The van der Waals surface area contributed by atoms with Gasteiger partial charge in [0.1, 0.15) is 5.75 Å². The second kappa shape index (κ2) is 6.98. The number of thioether (sulfide) groups is 1. The van der Waals surface area contributed by atoms with Crippen molar-refractivity contribution in [3.63, 3.8) is 0 Å². The van der Waals surface area contributed by atoms with Gasteiger partial charge in [-0.1, -0.05) is 12.1 Å². The number of carbonyl (C=O) groups is 1. The Morgan fingerprint density at radius 3 is 2.37 bits per heavy atom. The molecule has 1 aromatic rings. The van der Waals surface area contributed by atoms with Gasteiger partial charge in [0.25, 0.3) is 0 Å². The highest BCUT2D eigenvalue weighted by atomic mass is 32.2. The first-order chi connectivity index (χ1) is 12.4. The normalized spacial score (nSPS) is 21.3. The van der Waals surface area contributed by atoms with Crippen LogP contribution in [0.2, 0.25) is 0 Å². The smallest absolute Gasteiger partial charge is 0.426 e. The van der Waals surface area contributed by atoms with E-state index in [9.17, 15) is 4.79 Å². The number of ether oxygens (including phenoxy) is 1. The van der Waals surface area contributed by atoms with Gasteiger partial charge < -0.3 is 14.0 Å². The SMILES string of the molecule is CC(C)(C)C(=O)Oc1ccc2c(c1)SCCC=C2B1OC(C)(C)C(C)(C)O1.